The quantitative estimate of drug-likeness (QED) is 0.226. The number of thiazole rings is 1. The molecule has 0 aliphatic carbocycles. The third-order valence-corrected chi connectivity index (χ3v) is 6.03. The summed E-state index contributed by atoms with van der Waals surface area (Å²) < 4.78 is 5.70. The fourth-order valence-electron chi connectivity index (χ4n) is 2.35. The molecule has 0 unspecified atom stereocenters. The third kappa shape index (κ3) is 5.78. The van der Waals surface area contributed by atoms with Gasteiger partial charge in [-0.2, -0.15) is 5.10 Å². The first-order valence-corrected chi connectivity index (χ1v) is 10.7. The molecule has 154 valence electrons. The monoisotopic (exact) mass is 462 g/mol. The molecule has 0 atom stereocenters. The first-order valence-electron chi connectivity index (χ1n) is 8.45. The summed E-state index contributed by atoms with van der Waals surface area (Å²) in [6.45, 7) is 0. The summed E-state index contributed by atoms with van der Waals surface area (Å²) in [7, 11) is 1.36. The smallest absolute Gasteiger partial charge is 0.311 e. The van der Waals surface area contributed by atoms with E-state index in [0.29, 0.717) is 10.6 Å². The van der Waals surface area contributed by atoms with Crippen molar-refractivity contribution < 1.29 is 14.5 Å². The van der Waals surface area contributed by atoms with Crippen molar-refractivity contribution in [3.05, 3.63) is 68.5 Å². The number of nitro benzene ring substituents is 1. The molecule has 0 saturated heterocycles. The molecule has 0 bridgehead atoms. The number of amides is 1. The van der Waals surface area contributed by atoms with E-state index in [1.54, 1.807) is 18.2 Å². The molecule has 30 heavy (non-hydrogen) atoms. The predicted molar refractivity (Wildman–Crippen MR) is 119 cm³/mol. The molecule has 8 nitrogen and oxygen atoms in total. The van der Waals surface area contributed by atoms with Gasteiger partial charge in [0, 0.05) is 27.6 Å². The van der Waals surface area contributed by atoms with Crippen molar-refractivity contribution in [1.82, 2.24) is 10.4 Å². The number of carbonyl (C=O) groups excluding carboxylic acids is 1. The number of rotatable bonds is 8. The lowest BCUT2D eigenvalue weighted by Crippen LogP contribution is -2.19. The topological polar surface area (TPSA) is 107 Å². The molecule has 0 fully saturated rings. The van der Waals surface area contributed by atoms with E-state index in [2.05, 4.69) is 15.5 Å². The summed E-state index contributed by atoms with van der Waals surface area (Å²) in [4.78, 5) is 27.0. The molecule has 1 aromatic heterocycles. The number of aromatic nitrogens is 1. The number of thioether (sulfide) groups is 1. The van der Waals surface area contributed by atoms with Crippen LogP contribution in [-0.4, -0.2) is 34.9 Å². The Morgan fingerprint density at radius 3 is 2.83 bits per heavy atom. The zero-order valence-corrected chi connectivity index (χ0v) is 18.0. The highest BCUT2D eigenvalue weighted by atomic mass is 35.5. The van der Waals surface area contributed by atoms with E-state index in [0.717, 1.165) is 15.6 Å². The molecule has 3 rings (SSSR count). The summed E-state index contributed by atoms with van der Waals surface area (Å²) in [5, 5.41) is 17.5. The van der Waals surface area contributed by atoms with Crippen molar-refractivity contribution in [2.24, 2.45) is 5.10 Å². The van der Waals surface area contributed by atoms with E-state index in [9.17, 15) is 14.9 Å². The Kier molecular flexibility index (Phi) is 7.39. The molecule has 3 aromatic rings. The van der Waals surface area contributed by atoms with Gasteiger partial charge in [0.1, 0.15) is 0 Å². The highest BCUT2D eigenvalue weighted by Gasteiger charge is 2.14. The van der Waals surface area contributed by atoms with E-state index < -0.39 is 4.92 Å². The van der Waals surface area contributed by atoms with Crippen LogP contribution in [0.3, 0.4) is 0 Å². The number of hydrazone groups is 1. The zero-order chi connectivity index (χ0) is 21.5. The zero-order valence-electron chi connectivity index (χ0n) is 15.6. The highest BCUT2D eigenvalue weighted by Crippen LogP contribution is 2.29. The molecule has 1 N–H and O–H groups in total. The fraction of sp³-hybridized carbons (Fsp3) is 0.105. The molecule has 1 amide bonds. The number of hydrogen-bond donors (Lipinski definition) is 1. The van der Waals surface area contributed by atoms with Gasteiger partial charge in [-0.3, -0.25) is 14.9 Å². The Labute approximate surface area is 185 Å². The second-order valence-corrected chi connectivity index (χ2v) is 8.29. The van der Waals surface area contributed by atoms with Crippen LogP contribution in [0.2, 0.25) is 5.02 Å². The SMILES string of the molecule is COc1ccc(/C=N/NC(=O)CSc2nc(-c3ccc(Cl)cc3)cs2)cc1[N+](=O)[O-]. The van der Waals surface area contributed by atoms with E-state index in [1.165, 1.54) is 48.6 Å². The third-order valence-electron chi connectivity index (χ3n) is 3.75. The molecule has 0 aliphatic heterocycles. The lowest BCUT2D eigenvalue weighted by Gasteiger charge is -2.02. The van der Waals surface area contributed by atoms with Crippen LogP contribution in [0.25, 0.3) is 11.3 Å². The maximum absolute atomic E-state index is 12.0. The summed E-state index contributed by atoms with van der Waals surface area (Å²) in [5.41, 5.74) is 4.45. The van der Waals surface area contributed by atoms with Gasteiger partial charge in [0.15, 0.2) is 10.1 Å². The molecule has 1 heterocycles. The van der Waals surface area contributed by atoms with E-state index in [4.69, 9.17) is 16.3 Å². The molecule has 0 saturated carbocycles. The van der Waals surface area contributed by atoms with Crippen LogP contribution >= 0.6 is 34.7 Å². The van der Waals surface area contributed by atoms with Gasteiger partial charge in [0.05, 0.1) is 29.7 Å². The van der Waals surface area contributed by atoms with Gasteiger partial charge in [0.25, 0.3) is 5.91 Å². The summed E-state index contributed by atoms with van der Waals surface area (Å²) in [6.07, 6.45) is 1.33. The summed E-state index contributed by atoms with van der Waals surface area (Å²) in [6, 6.07) is 11.8. The van der Waals surface area contributed by atoms with Crippen LogP contribution in [0.5, 0.6) is 5.75 Å². The second kappa shape index (κ2) is 10.2. The van der Waals surface area contributed by atoms with Crippen LogP contribution in [-0.2, 0) is 4.79 Å². The van der Waals surface area contributed by atoms with E-state index in [-0.39, 0.29) is 23.1 Å². The van der Waals surface area contributed by atoms with Crippen LogP contribution in [0.15, 0.2) is 57.3 Å². The molecular formula is C19H15ClN4O4S2. The number of carbonyl (C=O) groups is 1. The molecule has 0 radical (unpaired) electrons. The lowest BCUT2D eigenvalue weighted by atomic mass is 10.2. The van der Waals surface area contributed by atoms with Gasteiger partial charge in [-0.05, 0) is 24.3 Å². The molecule has 0 aliphatic rings. The van der Waals surface area contributed by atoms with Crippen LogP contribution in [0, 0.1) is 10.1 Å². The normalized spacial score (nSPS) is 10.9. The van der Waals surface area contributed by atoms with Crippen molar-refractivity contribution in [1.29, 1.82) is 0 Å². The molecule has 0 spiro atoms. The average molecular weight is 463 g/mol. The Morgan fingerprint density at radius 2 is 2.13 bits per heavy atom. The van der Waals surface area contributed by atoms with Crippen LogP contribution in [0.1, 0.15) is 5.56 Å². The van der Waals surface area contributed by atoms with Crippen molar-refractivity contribution in [2.75, 3.05) is 12.9 Å². The van der Waals surface area contributed by atoms with Crippen molar-refractivity contribution in [3.63, 3.8) is 0 Å². The largest absolute Gasteiger partial charge is 0.490 e. The fourth-order valence-corrected chi connectivity index (χ4v) is 4.10. The first-order chi connectivity index (χ1) is 14.5. The standard InChI is InChI=1S/C19H15ClN4O4S2/c1-28-17-7-2-12(8-16(17)24(26)27)9-21-23-18(25)11-30-19-22-15(10-29-19)13-3-5-14(20)6-4-13/h2-10H,11H2,1H3,(H,23,25)/b21-9+. The van der Waals surface area contributed by atoms with Gasteiger partial charge in [-0.25, -0.2) is 10.4 Å². The number of methoxy groups -OCH3 is 1. The average Bonchev–Trinajstić information content (AvgIpc) is 3.21. The minimum atomic E-state index is -0.544. The minimum absolute atomic E-state index is 0.133. The number of halogens is 1. The predicted octanol–water partition coefficient (Wildman–Crippen LogP) is 4.62. The Balaban J connectivity index is 1.52. The van der Waals surface area contributed by atoms with Gasteiger partial charge in [-0.1, -0.05) is 35.5 Å². The van der Waals surface area contributed by atoms with Gasteiger partial charge in [-0.15, -0.1) is 11.3 Å². The van der Waals surface area contributed by atoms with Crippen LogP contribution in [0.4, 0.5) is 5.69 Å². The van der Waals surface area contributed by atoms with E-state index in [1.807, 2.05) is 17.5 Å². The van der Waals surface area contributed by atoms with Crippen molar-refractivity contribution in [3.8, 4) is 17.0 Å². The maximum atomic E-state index is 12.0. The number of nitro groups is 1. The first kappa shape index (κ1) is 21.8. The van der Waals surface area contributed by atoms with Crippen molar-refractivity contribution in [2.45, 2.75) is 4.34 Å². The van der Waals surface area contributed by atoms with Crippen LogP contribution < -0.4 is 10.2 Å². The maximum Gasteiger partial charge on any atom is 0.311 e. The van der Waals surface area contributed by atoms with E-state index >= 15 is 0 Å². The Hall–Kier alpha value is -2.95. The summed E-state index contributed by atoms with van der Waals surface area (Å²) >= 11 is 8.63. The molecular weight excluding hydrogens is 448 g/mol. The number of hydrogen-bond acceptors (Lipinski definition) is 8. The highest BCUT2D eigenvalue weighted by molar-refractivity contribution is 8.01. The van der Waals surface area contributed by atoms with Gasteiger partial charge < -0.3 is 4.74 Å². The van der Waals surface area contributed by atoms with Gasteiger partial charge in [0.2, 0.25) is 0 Å². The Bertz CT molecular complexity index is 1090. The minimum Gasteiger partial charge on any atom is -0.490 e. The lowest BCUT2D eigenvalue weighted by molar-refractivity contribution is -0.385. The number of nitrogens with zero attached hydrogens (tertiary/aromatic N) is 3. The molecule has 11 heteroatoms. The second-order valence-electron chi connectivity index (χ2n) is 5.78. The molecule has 2 aromatic carbocycles. The number of ether oxygens (including phenoxy) is 1. The van der Waals surface area contributed by atoms with Crippen molar-refractivity contribution >= 4 is 52.5 Å². The summed E-state index contributed by atoms with van der Waals surface area (Å²) in [5.74, 6) is -0.0327. The number of benzene rings is 2. The number of nitrogens with one attached hydrogen (secondary N) is 1. The van der Waals surface area contributed by atoms with Gasteiger partial charge >= 0.3 is 5.69 Å². The Morgan fingerprint density at radius 1 is 1.37 bits per heavy atom.